The van der Waals surface area contributed by atoms with Crippen LogP contribution in [0.15, 0.2) is 48.5 Å². The summed E-state index contributed by atoms with van der Waals surface area (Å²) in [6.07, 6.45) is 3.63. The van der Waals surface area contributed by atoms with Gasteiger partial charge in [-0.25, -0.2) is 9.18 Å². The van der Waals surface area contributed by atoms with Crippen LogP contribution in [0.2, 0.25) is 0 Å². The van der Waals surface area contributed by atoms with Crippen molar-refractivity contribution in [2.24, 2.45) is 0 Å². The molecular weight excluding hydrogens is 381 g/mol. The lowest BCUT2D eigenvalue weighted by molar-refractivity contribution is -0.134. The summed E-state index contributed by atoms with van der Waals surface area (Å²) < 4.78 is 13.5. The molecule has 0 spiro atoms. The van der Waals surface area contributed by atoms with Crippen molar-refractivity contribution < 1.29 is 14.0 Å². The normalized spacial score (nSPS) is 15.4. The molecule has 5 nitrogen and oxygen atoms in total. The smallest absolute Gasteiger partial charge is 0.322 e. The first-order valence-corrected chi connectivity index (χ1v) is 10.7. The summed E-state index contributed by atoms with van der Waals surface area (Å²) in [5.74, 6) is -0.481. The molecule has 0 aromatic heterocycles. The Kier molecular flexibility index (Phi) is 7.44. The third kappa shape index (κ3) is 5.38. The maximum absolute atomic E-state index is 13.5. The highest BCUT2D eigenvalue weighted by Crippen LogP contribution is 2.29. The van der Waals surface area contributed by atoms with Gasteiger partial charge in [-0.15, -0.1) is 0 Å². The van der Waals surface area contributed by atoms with Crippen LogP contribution in [0, 0.1) is 5.82 Å². The number of amides is 3. The van der Waals surface area contributed by atoms with Gasteiger partial charge in [-0.3, -0.25) is 4.79 Å². The van der Waals surface area contributed by atoms with Crippen molar-refractivity contribution in [3.63, 3.8) is 0 Å². The number of hydrogen-bond acceptors (Lipinski definition) is 2. The molecule has 1 aliphatic heterocycles. The molecule has 0 radical (unpaired) electrons. The lowest BCUT2D eigenvalue weighted by Gasteiger charge is -2.36. The van der Waals surface area contributed by atoms with Crippen molar-refractivity contribution in [2.45, 2.75) is 45.6 Å². The van der Waals surface area contributed by atoms with Gasteiger partial charge in [-0.05, 0) is 49.1 Å². The quantitative estimate of drug-likeness (QED) is 0.652. The highest BCUT2D eigenvalue weighted by atomic mass is 19.1. The first kappa shape index (κ1) is 21.8. The maximum Gasteiger partial charge on any atom is 0.322 e. The minimum atomic E-state index is -0.415. The molecule has 6 heteroatoms. The van der Waals surface area contributed by atoms with E-state index in [0.29, 0.717) is 18.8 Å². The van der Waals surface area contributed by atoms with Crippen LogP contribution in [-0.4, -0.2) is 41.4 Å². The highest BCUT2D eigenvalue weighted by molar-refractivity contribution is 5.92. The Morgan fingerprint density at radius 1 is 1.17 bits per heavy atom. The maximum atomic E-state index is 13.5. The number of halogens is 1. The molecule has 3 rings (SSSR count). The Hall–Kier alpha value is -2.89. The molecule has 1 aliphatic rings. The number of rotatable bonds is 7. The average molecular weight is 412 g/mol. The predicted molar refractivity (Wildman–Crippen MR) is 117 cm³/mol. The van der Waals surface area contributed by atoms with E-state index in [0.717, 1.165) is 25.7 Å². The van der Waals surface area contributed by atoms with Crippen molar-refractivity contribution in [2.75, 3.05) is 25.0 Å². The number of unbranched alkanes of at least 4 members (excludes halogenated alkanes) is 2. The number of anilines is 1. The first-order chi connectivity index (χ1) is 14.5. The minimum absolute atomic E-state index is 0.0113. The number of carbonyl (C=O) groups excluding carboxylic acids is 2. The lowest BCUT2D eigenvalue weighted by Crippen LogP contribution is -2.47. The molecular formula is C24H30FN3O2. The number of carbonyl (C=O) groups is 2. The van der Waals surface area contributed by atoms with Gasteiger partial charge < -0.3 is 15.1 Å². The molecule has 160 valence electrons. The molecule has 3 amide bonds. The van der Waals surface area contributed by atoms with Crippen LogP contribution in [0.1, 0.15) is 50.3 Å². The van der Waals surface area contributed by atoms with E-state index < -0.39 is 5.82 Å². The van der Waals surface area contributed by atoms with E-state index in [9.17, 15) is 14.0 Å². The molecule has 0 bridgehead atoms. The van der Waals surface area contributed by atoms with E-state index in [1.165, 1.54) is 28.2 Å². The van der Waals surface area contributed by atoms with Gasteiger partial charge in [0.2, 0.25) is 5.91 Å². The Labute approximate surface area is 177 Å². The number of fused-ring (bicyclic) bond motifs is 1. The van der Waals surface area contributed by atoms with Gasteiger partial charge in [0.15, 0.2) is 0 Å². The lowest BCUT2D eigenvalue weighted by atomic mass is 9.93. The fourth-order valence-electron chi connectivity index (χ4n) is 3.94. The SMILES string of the molecule is CCCCCN(CC(=O)N1CCc2ccccc2C1C)C(=O)Nc1cccc(F)c1. The molecule has 1 heterocycles. The second-order valence-corrected chi connectivity index (χ2v) is 7.78. The van der Waals surface area contributed by atoms with Crippen LogP contribution in [0.3, 0.4) is 0 Å². The van der Waals surface area contributed by atoms with Crippen LogP contribution in [0.25, 0.3) is 0 Å². The Balaban J connectivity index is 1.69. The predicted octanol–water partition coefficient (Wildman–Crippen LogP) is 5.00. The molecule has 1 atom stereocenters. The van der Waals surface area contributed by atoms with Crippen molar-refractivity contribution in [1.82, 2.24) is 9.80 Å². The standard InChI is InChI=1S/C24H30FN3O2/c1-3-4-7-14-27(24(30)26-21-11-8-10-20(25)16-21)17-23(29)28-15-13-19-9-5-6-12-22(19)18(28)2/h5-6,8-12,16,18H,3-4,7,13-15,17H2,1-2H3,(H,26,30). The summed E-state index contributed by atoms with van der Waals surface area (Å²) in [6.45, 7) is 5.27. The van der Waals surface area contributed by atoms with E-state index in [-0.39, 0.29) is 24.5 Å². The number of nitrogens with one attached hydrogen (secondary N) is 1. The third-order valence-corrected chi connectivity index (χ3v) is 5.64. The summed E-state index contributed by atoms with van der Waals surface area (Å²) in [4.78, 5) is 29.3. The van der Waals surface area contributed by atoms with Crippen LogP contribution >= 0.6 is 0 Å². The van der Waals surface area contributed by atoms with Gasteiger partial charge in [0.05, 0.1) is 6.04 Å². The first-order valence-electron chi connectivity index (χ1n) is 10.7. The summed E-state index contributed by atoms with van der Waals surface area (Å²) in [5, 5.41) is 2.72. The average Bonchev–Trinajstić information content (AvgIpc) is 2.73. The molecule has 2 aromatic carbocycles. The molecule has 0 fully saturated rings. The van der Waals surface area contributed by atoms with Crippen LogP contribution in [0.4, 0.5) is 14.9 Å². The van der Waals surface area contributed by atoms with E-state index in [1.807, 2.05) is 24.0 Å². The second kappa shape index (κ2) is 10.2. The number of urea groups is 1. The summed E-state index contributed by atoms with van der Waals surface area (Å²) in [7, 11) is 0. The molecule has 2 aromatic rings. The van der Waals surface area contributed by atoms with Crippen LogP contribution in [-0.2, 0) is 11.2 Å². The van der Waals surface area contributed by atoms with E-state index in [2.05, 4.69) is 24.4 Å². The number of hydrogen-bond donors (Lipinski definition) is 1. The summed E-state index contributed by atoms with van der Waals surface area (Å²) >= 11 is 0. The topological polar surface area (TPSA) is 52.7 Å². The van der Waals surface area contributed by atoms with Crippen molar-refractivity contribution in [3.05, 3.63) is 65.5 Å². The van der Waals surface area contributed by atoms with Gasteiger partial charge in [0.1, 0.15) is 12.4 Å². The molecule has 0 aliphatic carbocycles. The van der Waals surface area contributed by atoms with Crippen molar-refractivity contribution in [3.8, 4) is 0 Å². The Bertz CT molecular complexity index is 886. The fraction of sp³-hybridized carbons (Fsp3) is 0.417. The number of benzene rings is 2. The highest BCUT2D eigenvalue weighted by Gasteiger charge is 2.29. The van der Waals surface area contributed by atoms with E-state index in [4.69, 9.17) is 0 Å². The monoisotopic (exact) mass is 411 g/mol. The molecule has 1 N–H and O–H groups in total. The van der Waals surface area contributed by atoms with Crippen LogP contribution < -0.4 is 5.32 Å². The Morgan fingerprint density at radius 2 is 1.97 bits per heavy atom. The van der Waals surface area contributed by atoms with E-state index >= 15 is 0 Å². The van der Waals surface area contributed by atoms with Crippen molar-refractivity contribution in [1.29, 1.82) is 0 Å². The van der Waals surface area contributed by atoms with Gasteiger partial charge in [-0.2, -0.15) is 0 Å². The van der Waals surface area contributed by atoms with Crippen LogP contribution in [0.5, 0.6) is 0 Å². The zero-order valence-electron chi connectivity index (χ0n) is 17.7. The Morgan fingerprint density at radius 3 is 2.73 bits per heavy atom. The zero-order chi connectivity index (χ0) is 21.5. The van der Waals surface area contributed by atoms with Gasteiger partial charge in [-0.1, -0.05) is 50.1 Å². The van der Waals surface area contributed by atoms with Gasteiger partial charge in [0, 0.05) is 18.8 Å². The molecule has 1 unspecified atom stereocenters. The van der Waals surface area contributed by atoms with Gasteiger partial charge >= 0.3 is 6.03 Å². The van der Waals surface area contributed by atoms with E-state index in [1.54, 1.807) is 12.1 Å². The molecule has 30 heavy (non-hydrogen) atoms. The number of nitrogens with zero attached hydrogens (tertiary/aromatic N) is 2. The second-order valence-electron chi connectivity index (χ2n) is 7.78. The summed E-state index contributed by atoms with van der Waals surface area (Å²) in [5.41, 5.74) is 2.82. The molecule has 0 saturated carbocycles. The molecule has 0 saturated heterocycles. The zero-order valence-corrected chi connectivity index (χ0v) is 17.7. The van der Waals surface area contributed by atoms with Gasteiger partial charge in [0.25, 0.3) is 0 Å². The summed E-state index contributed by atoms with van der Waals surface area (Å²) in [6, 6.07) is 13.6. The minimum Gasteiger partial charge on any atom is -0.334 e. The third-order valence-electron chi connectivity index (χ3n) is 5.64. The fourth-order valence-corrected chi connectivity index (χ4v) is 3.94. The van der Waals surface area contributed by atoms with Crippen molar-refractivity contribution >= 4 is 17.6 Å². The largest absolute Gasteiger partial charge is 0.334 e.